The molecule has 3 heterocycles. The van der Waals surface area contributed by atoms with Gasteiger partial charge in [0.2, 0.25) is 0 Å². The number of imidazole rings is 1. The van der Waals surface area contributed by atoms with Crippen LogP contribution in [0.2, 0.25) is 0 Å². The Kier molecular flexibility index (Phi) is 4.37. The second kappa shape index (κ2) is 7.17. The number of aromatic nitrogens is 3. The summed E-state index contributed by atoms with van der Waals surface area (Å²) < 4.78 is 0. The lowest BCUT2D eigenvalue weighted by Gasteiger charge is -2.28. The van der Waals surface area contributed by atoms with Crippen LogP contribution in [0.5, 0.6) is 0 Å². The quantitative estimate of drug-likeness (QED) is 0.507. The minimum Gasteiger partial charge on any atom is -0.342 e. The van der Waals surface area contributed by atoms with Crippen LogP contribution in [0.15, 0.2) is 84.2 Å². The molecule has 0 aliphatic carbocycles. The molecule has 1 aliphatic heterocycles. The van der Waals surface area contributed by atoms with Crippen molar-refractivity contribution in [1.82, 2.24) is 15.0 Å². The van der Waals surface area contributed by atoms with Gasteiger partial charge >= 0.3 is 0 Å². The smallest absolute Gasteiger partial charge is 0.111 e. The van der Waals surface area contributed by atoms with Gasteiger partial charge in [0.25, 0.3) is 0 Å². The van der Waals surface area contributed by atoms with E-state index in [-0.39, 0.29) is 5.37 Å². The molecule has 1 unspecified atom stereocenters. The van der Waals surface area contributed by atoms with E-state index in [1.54, 1.807) is 18.0 Å². The molecule has 5 rings (SSSR count). The summed E-state index contributed by atoms with van der Waals surface area (Å²) in [5.74, 6) is 0.975. The first-order chi connectivity index (χ1) is 13.8. The van der Waals surface area contributed by atoms with Gasteiger partial charge in [-0.25, -0.2) is 4.98 Å². The molecule has 4 aromatic rings. The van der Waals surface area contributed by atoms with E-state index in [9.17, 15) is 0 Å². The van der Waals surface area contributed by atoms with Crippen LogP contribution in [-0.4, -0.2) is 15.0 Å². The van der Waals surface area contributed by atoms with Crippen LogP contribution in [-0.2, 0) is 6.42 Å². The van der Waals surface area contributed by atoms with Gasteiger partial charge in [0.15, 0.2) is 0 Å². The molecule has 0 saturated carbocycles. The molecule has 0 bridgehead atoms. The molecule has 28 heavy (non-hydrogen) atoms. The number of nitrogens with one attached hydrogen (secondary N) is 1. The molecule has 2 aromatic heterocycles. The Bertz CT molecular complexity index is 1140. The summed E-state index contributed by atoms with van der Waals surface area (Å²) in [4.78, 5) is 14.8. The first-order valence-electron chi connectivity index (χ1n) is 9.17. The fourth-order valence-electron chi connectivity index (χ4n) is 3.54. The Hall–Kier alpha value is -3.05. The number of anilines is 1. The van der Waals surface area contributed by atoms with Gasteiger partial charge < -0.3 is 9.88 Å². The van der Waals surface area contributed by atoms with Gasteiger partial charge in [-0.1, -0.05) is 36.4 Å². The van der Waals surface area contributed by atoms with Gasteiger partial charge in [-0.05, 0) is 42.2 Å². The summed E-state index contributed by atoms with van der Waals surface area (Å²) >= 11 is 1.75. The zero-order valence-corrected chi connectivity index (χ0v) is 16.1. The highest BCUT2D eigenvalue weighted by Gasteiger charge is 2.27. The topological polar surface area (TPSA) is 44.8 Å². The number of nitrogens with zero attached hydrogens (tertiary/aromatic N) is 3. The Morgan fingerprint density at radius 3 is 2.79 bits per heavy atom. The molecule has 4 nitrogen and oxygen atoms in total. The van der Waals surface area contributed by atoms with Crippen LogP contribution < -0.4 is 4.90 Å². The van der Waals surface area contributed by atoms with Crippen LogP contribution in [0.3, 0.4) is 0 Å². The van der Waals surface area contributed by atoms with Gasteiger partial charge in [-0.2, -0.15) is 0 Å². The summed E-state index contributed by atoms with van der Waals surface area (Å²) in [5, 5.41) is 2.25. The van der Waals surface area contributed by atoms with E-state index in [0.717, 1.165) is 40.2 Å². The first-order valence-corrected chi connectivity index (χ1v) is 10.1. The van der Waals surface area contributed by atoms with Crippen molar-refractivity contribution in [2.75, 3.05) is 4.90 Å². The van der Waals surface area contributed by atoms with Crippen LogP contribution in [0, 0.1) is 6.92 Å². The Morgan fingerprint density at radius 2 is 1.96 bits per heavy atom. The predicted octanol–water partition coefficient (Wildman–Crippen LogP) is 5.48. The zero-order chi connectivity index (χ0) is 18.9. The van der Waals surface area contributed by atoms with Crippen LogP contribution >= 0.6 is 11.8 Å². The number of rotatable bonds is 4. The molecule has 1 atom stereocenters. The fraction of sp³-hybridized carbons (Fsp3) is 0.0870. The van der Waals surface area contributed by atoms with Crippen LogP contribution in [0.25, 0.3) is 11.0 Å². The van der Waals surface area contributed by atoms with Crippen molar-refractivity contribution < 1.29 is 0 Å². The first kappa shape index (κ1) is 17.1. The van der Waals surface area contributed by atoms with Gasteiger partial charge in [0, 0.05) is 35.8 Å². The van der Waals surface area contributed by atoms with Crippen LogP contribution in [0.1, 0.15) is 22.3 Å². The number of aromatic amines is 1. The summed E-state index contributed by atoms with van der Waals surface area (Å²) in [6, 6.07) is 20.8. The van der Waals surface area contributed by atoms with Gasteiger partial charge in [-0.15, -0.1) is 11.8 Å². The largest absolute Gasteiger partial charge is 0.342 e. The summed E-state index contributed by atoms with van der Waals surface area (Å²) in [7, 11) is 0. The number of fused-ring (bicyclic) bond motifs is 1. The zero-order valence-electron chi connectivity index (χ0n) is 15.2. The van der Waals surface area contributed by atoms with Crippen molar-refractivity contribution in [2.24, 2.45) is 0 Å². The van der Waals surface area contributed by atoms with E-state index < -0.39 is 0 Å². The van der Waals surface area contributed by atoms with Crippen molar-refractivity contribution in [1.29, 1.82) is 0 Å². The molecule has 1 radical (unpaired) electrons. The summed E-state index contributed by atoms with van der Waals surface area (Å²) in [6.45, 7) is 4.23. The average molecular weight is 384 g/mol. The van der Waals surface area contributed by atoms with Gasteiger partial charge in [0.05, 0.1) is 11.0 Å². The van der Waals surface area contributed by atoms with E-state index in [2.05, 4.69) is 75.7 Å². The van der Waals surface area contributed by atoms with E-state index in [4.69, 9.17) is 4.98 Å². The SMILES string of the molecule is [CH2]C1=CSC(c2cccnc2)N1c1ccc2nc(Cc3ccccc3)[nH]c2c1. The minimum absolute atomic E-state index is 0.144. The molecule has 5 heteroatoms. The van der Waals surface area contributed by atoms with Gasteiger partial charge in [0.1, 0.15) is 11.2 Å². The van der Waals surface area contributed by atoms with Crippen LogP contribution in [0.4, 0.5) is 5.69 Å². The second-order valence-electron chi connectivity index (χ2n) is 6.80. The highest BCUT2D eigenvalue weighted by molar-refractivity contribution is 8.02. The molecular formula is C23H19N4S. The maximum atomic E-state index is 4.75. The van der Waals surface area contributed by atoms with Gasteiger partial charge in [-0.3, -0.25) is 4.98 Å². The normalized spacial score (nSPS) is 16.5. The molecule has 0 amide bonds. The molecule has 1 aliphatic rings. The number of hydrogen-bond donors (Lipinski definition) is 1. The van der Waals surface area contributed by atoms with Crippen molar-refractivity contribution in [3.63, 3.8) is 0 Å². The third-order valence-electron chi connectivity index (χ3n) is 4.85. The third-order valence-corrected chi connectivity index (χ3v) is 6.00. The van der Waals surface area contributed by atoms with E-state index in [1.807, 2.05) is 18.3 Å². The lowest BCUT2D eigenvalue weighted by Crippen LogP contribution is -2.21. The fourth-order valence-corrected chi connectivity index (χ4v) is 4.61. The monoisotopic (exact) mass is 383 g/mol. The van der Waals surface area contributed by atoms with E-state index in [1.165, 1.54) is 5.56 Å². The number of thioether (sulfide) groups is 1. The lowest BCUT2D eigenvalue weighted by molar-refractivity contribution is 0.921. The standard InChI is InChI=1S/C23H19N4S/c1-16-15-28-23(18-8-5-11-24-14-18)27(16)19-9-10-20-21(13-19)26-22(25-20)12-17-6-3-2-4-7-17/h2-11,13-15,23H,1,12H2,(H,25,26). The number of pyridine rings is 1. The highest BCUT2D eigenvalue weighted by atomic mass is 32.2. The summed E-state index contributed by atoms with van der Waals surface area (Å²) in [5.41, 5.74) is 6.52. The van der Waals surface area contributed by atoms with Crippen molar-refractivity contribution in [3.05, 3.63) is 108 Å². The maximum absolute atomic E-state index is 4.75. The predicted molar refractivity (Wildman–Crippen MR) is 116 cm³/mol. The Balaban J connectivity index is 1.48. The van der Waals surface area contributed by atoms with E-state index in [0.29, 0.717) is 0 Å². The van der Waals surface area contributed by atoms with Crippen molar-refractivity contribution >= 4 is 28.5 Å². The average Bonchev–Trinajstić information content (AvgIpc) is 3.31. The molecule has 137 valence electrons. The Labute approximate surface area is 168 Å². The minimum atomic E-state index is 0.144. The number of benzene rings is 2. The second-order valence-corrected chi connectivity index (χ2v) is 7.76. The van der Waals surface area contributed by atoms with Crippen molar-refractivity contribution in [3.8, 4) is 0 Å². The highest BCUT2D eigenvalue weighted by Crippen LogP contribution is 2.45. The Morgan fingerprint density at radius 1 is 1.07 bits per heavy atom. The number of allylic oxidation sites excluding steroid dienone is 1. The number of H-pyrrole nitrogens is 1. The summed E-state index contributed by atoms with van der Waals surface area (Å²) in [6.07, 6.45) is 4.52. The van der Waals surface area contributed by atoms with E-state index >= 15 is 0 Å². The molecule has 0 saturated heterocycles. The number of hydrogen-bond acceptors (Lipinski definition) is 4. The molecule has 0 spiro atoms. The molecular weight excluding hydrogens is 364 g/mol. The molecule has 0 fully saturated rings. The lowest BCUT2D eigenvalue weighted by atomic mass is 10.1. The van der Waals surface area contributed by atoms with Crippen molar-refractivity contribution in [2.45, 2.75) is 11.8 Å². The maximum Gasteiger partial charge on any atom is 0.111 e. The molecule has 2 aromatic carbocycles. The molecule has 1 N–H and O–H groups in total. The third kappa shape index (κ3) is 3.18.